The minimum Gasteiger partial charge on any atom is -0.443 e. The Kier molecular flexibility index (Phi) is 12.2. The molecule has 0 unspecified atom stereocenters. The highest BCUT2D eigenvalue weighted by atomic mass is 35.5. The van der Waals surface area contributed by atoms with E-state index in [1.807, 2.05) is 64.4 Å². The average Bonchev–Trinajstić information content (AvgIpc) is 3.76. The Bertz CT molecular complexity index is 2110. The van der Waals surface area contributed by atoms with Crippen molar-refractivity contribution in [2.45, 2.75) is 75.5 Å². The van der Waals surface area contributed by atoms with Gasteiger partial charge in [-0.2, -0.15) is 0 Å². The zero-order valence-electron chi connectivity index (χ0n) is 30.0. The molecule has 3 heterocycles. The standard InChI is InChI=1S/C39H42Cl2N6O4S2/c1-24(48)47(28-14-16-45(17-15-28)22-25-12-13-31(40)32(41)18-25)53-37-44-35(23-52-37)26-8-7-9-29(19-26)46(38(50)51-39(2,3)4)36(49)33(42)20-27-21-43-34-11-6-5-10-30(27)34/h5-13,18-19,21,23,28,33,43H,14-17,20,22,42H2,1-4H3/t33-/m0/s1. The molecule has 0 radical (unpaired) electrons. The molecule has 3 amide bonds. The Morgan fingerprint density at radius 3 is 2.53 bits per heavy atom. The van der Waals surface area contributed by atoms with Gasteiger partial charge in [-0.3, -0.25) is 18.8 Å². The molecule has 5 aromatic rings. The normalized spacial score (nSPS) is 14.6. The van der Waals surface area contributed by atoms with E-state index in [2.05, 4.69) is 9.88 Å². The fourth-order valence-electron chi connectivity index (χ4n) is 6.35. The molecule has 1 aliphatic rings. The minimum atomic E-state index is -1.02. The van der Waals surface area contributed by atoms with Crippen LogP contribution in [0.4, 0.5) is 10.5 Å². The van der Waals surface area contributed by atoms with Gasteiger partial charge in [-0.05, 0) is 81.5 Å². The van der Waals surface area contributed by atoms with Crippen molar-refractivity contribution in [3.05, 3.63) is 99.5 Å². The number of H-pyrrole nitrogens is 1. The van der Waals surface area contributed by atoms with Gasteiger partial charge in [0.15, 0.2) is 4.34 Å². The maximum Gasteiger partial charge on any atom is 0.421 e. The third-order valence-corrected chi connectivity index (χ3v) is 11.8. The lowest BCUT2D eigenvalue weighted by Crippen LogP contribution is -2.49. The molecule has 0 bridgehead atoms. The number of ether oxygens (including phenoxy) is 1. The second kappa shape index (κ2) is 16.6. The number of nitrogens with zero attached hydrogens (tertiary/aromatic N) is 4. The van der Waals surface area contributed by atoms with Gasteiger partial charge in [0, 0.05) is 72.6 Å². The maximum atomic E-state index is 14.0. The van der Waals surface area contributed by atoms with E-state index in [1.165, 1.54) is 23.3 Å². The van der Waals surface area contributed by atoms with E-state index < -0.39 is 23.6 Å². The van der Waals surface area contributed by atoms with Crippen LogP contribution < -0.4 is 10.6 Å². The molecule has 1 aliphatic heterocycles. The zero-order chi connectivity index (χ0) is 37.9. The van der Waals surface area contributed by atoms with E-state index in [1.54, 1.807) is 45.9 Å². The van der Waals surface area contributed by atoms with Crippen LogP contribution in [0.2, 0.25) is 10.0 Å². The fourth-order valence-corrected chi connectivity index (χ4v) is 8.57. The molecule has 10 nitrogen and oxygen atoms in total. The van der Waals surface area contributed by atoms with Crippen molar-refractivity contribution >= 4 is 81.0 Å². The molecular formula is C39H42Cl2N6O4S2. The summed E-state index contributed by atoms with van der Waals surface area (Å²) in [5.74, 6) is -0.622. The number of aromatic amines is 1. The van der Waals surface area contributed by atoms with Crippen LogP contribution in [-0.2, 0) is 27.3 Å². The van der Waals surface area contributed by atoms with Crippen LogP contribution >= 0.6 is 46.5 Å². The quantitative estimate of drug-likeness (QED) is 0.134. The van der Waals surface area contributed by atoms with Crippen molar-refractivity contribution < 1.29 is 19.1 Å². The zero-order valence-corrected chi connectivity index (χ0v) is 33.1. The predicted molar refractivity (Wildman–Crippen MR) is 214 cm³/mol. The van der Waals surface area contributed by atoms with Crippen LogP contribution in [0.5, 0.6) is 0 Å². The molecule has 6 rings (SSSR count). The van der Waals surface area contributed by atoms with Crippen molar-refractivity contribution in [1.29, 1.82) is 0 Å². The van der Waals surface area contributed by atoms with Gasteiger partial charge in [0.1, 0.15) is 5.60 Å². The van der Waals surface area contributed by atoms with Gasteiger partial charge in [0.2, 0.25) is 5.91 Å². The monoisotopic (exact) mass is 792 g/mol. The van der Waals surface area contributed by atoms with E-state index in [0.717, 1.165) is 59.4 Å². The molecular weight excluding hydrogens is 752 g/mol. The molecule has 0 saturated carbocycles. The molecule has 0 spiro atoms. The van der Waals surface area contributed by atoms with Crippen LogP contribution in [0.25, 0.3) is 22.2 Å². The fraction of sp³-hybridized carbons (Fsp3) is 0.333. The lowest BCUT2D eigenvalue weighted by molar-refractivity contribution is -0.126. The first kappa shape index (κ1) is 38.8. The molecule has 53 heavy (non-hydrogen) atoms. The van der Waals surface area contributed by atoms with Crippen molar-refractivity contribution in [2.75, 3.05) is 18.0 Å². The number of nitrogens with two attached hydrogens (primary N) is 1. The first-order chi connectivity index (χ1) is 25.3. The average molecular weight is 794 g/mol. The Balaban J connectivity index is 1.16. The summed E-state index contributed by atoms with van der Waals surface area (Å²) >= 11 is 15.1. The van der Waals surface area contributed by atoms with Gasteiger partial charge >= 0.3 is 6.09 Å². The van der Waals surface area contributed by atoms with Crippen LogP contribution in [0.1, 0.15) is 51.7 Å². The SMILES string of the molecule is CC(=O)N(Sc1nc(-c2cccc(N(C(=O)OC(C)(C)C)C(=O)[C@@H](N)Cc3c[nH]c4ccccc34)c2)cs1)C1CCN(Cc2ccc(Cl)c(Cl)c2)CC1. The van der Waals surface area contributed by atoms with E-state index in [-0.39, 0.29) is 18.4 Å². The molecule has 1 fully saturated rings. The number of nitrogens with one attached hydrogen (secondary N) is 1. The molecule has 1 atom stereocenters. The van der Waals surface area contributed by atoms with Crippen molar-refractivity contribution in [3.63, 3.8) is 0 Å². The largest absolute Gasteiger partial charge is 0.443 e. The van der Waals surface area contributed by atoms with Crippen LogP contribution in [0, 0.1) is 0 Å². The lowest BCUT2D eigenvalue weighted by Gasteiger charge is -2.37. The Morgan fingerprint density at radius 1 is 1.06 bits per heavy atom. The minimum absolute atomic E-state index is 0.0350. The third kappa shape index (κ3) is 9.61. The van der Waals surface area contributed by atoms with Crippen molar-refractivity contribution in [3.8, 4) is 11.3 Å². The van der Waals surface area contributed by atoms with Gasteiger partial charge in [0.05, 0.1) is 27.5 Å². The molecule has 14 heteroatoms. The second-order valence-electron chi connectivity index (χ2n) is 14.1. The number of carbonyl (C=O) groups excluding carboxylic acids is 3. The van der Waals surface area contributed by atoms with Crippen LogP contribution in [0.15, 0.2) is 82.6 Å². The van der Waals surface area contributed by atoms with E-state index in [9.17, 15) is 14.4 Å². The highest BCUT2D eigenvalue weighted by molar-refractivity contribution is 7.99. The first-order valence-electron chi connectivity index (χ1n) is 17.3. The number of aromatic nitrogens is 2. The van der Waals surface area contributed by atoms with E-state index in [0.29, 0.717) is 31.3 Å². The van der Waals surface area contributed by atoms with Crippen molar-refractivity contribution in [1.82, 2.24) is 19.2 Å². The number of thiazole rings is 1. The van der Waals surface area contributed by atoms with Gasteiger partial charge in [-0.15, -0.1) is 11.3 Å². The molecule has 2 aromatic heterocycles. The number of imide groups is 1. The number of benzene rings is 3. The number of halogens is 2. The molecule has 0 aliphatic carbocycles. The summed E-state index contributed by atoms with van der Waals surface area (Å²) in [5.41, 5.74) is 10.2. The van der Waals surface area contributed by atoms with Gasteiger partial charge in [-0.1, -0.05) is 59.6 Å². The number of amides is 3. The number of hydrogen-bond acceptors (Lipinski definition) is 9. The Morgan fingerprint density at radius 2 is 1.81 bits per heavy atom. The second-order valence-corrected chi connectivity index (χ2v) is 17.0. The van der Waals surface area contributed by atoms with Crippen LogP contribution in [-0.4, -0.2) is 67.9 Å². The number of para-hydroxylation sites is 1. The van der Waals surface area contributed by atoms with E-state index >= 15 is 0 Å². The number of likely N-dealkylation sites (tertiary alicyclic amines) is 1. The van der Waals surface area contributed by atoms with Gasteiger partial charge in [0.25, 0.3) is 5.91 Å². The lowest BCUT2D eigenvalue weighted by atomic mass is 10.0. The summed E-state index contributed by atoms with van der Waals surface area (Å²) in [6.45, 7) is 9.26. The molecule has 3 aromatic carbocycles. The first-order valence-corrected chi connectivity index (χ1v) is 19.7. The Labute approximate surface area is 327 Å². The summed E-state index contributed by atoms with van der Waals surface area (Å²) in [5, 5.41) is 3.95. The number of hydrogen-bond donors (Lipinski definition) is 2. The summed E-state index contributed by atoms with van der Waals surface area (Å²) in [7, 11) is 0. The summed E-state index contributed by atoms with van der Waals surface area (Å²) in [6.07, 6.45) is 2.89. The molecule has 278 valence electrons. The third-order valence-electron chi connectivity index (χ3n) is 8.88. The summed E-state index contributed by atoms with van der Waals surface area (Å²) in [6, 6.07) is 19.6. The smallest absolute Gasteiger partial charge is 0.421 e. The molecule has 1 saturated heterocycles. The van der Waals surface area contributed by atoms with Gasteiger partial charge in [-0.25, -0.2) is 14.7 Å². The number of fused-ring (bicyclic) bond motifs is 1. The van der Waals surface area contributed by atoms with Gasteiger partial charge < -0.3 is 15.5 Å². The predicted octanol–water partition coefficient (Wildman–Crippen LogP) is 8.96. The van der Waals surface area contributed by atoms with E-state index in [4.69, 9.17) is 38.7 Å². The van der Waals surface area contributed by atoms with Crippen molar-refractivity contribution in [2.24, 2.45) is 5.73 Å². The topological polar surface area (TPSA) is 125 Å². The summed E-state index contributed by atoms with van der Waals surface area (Å²) in [4.78, 5) is 51.9. The molecule has 3 N–H and O–H groups in total. The van der Waals surface area contributed by atoms with Crippen LogP contribution in [0.3, 0.4) is 0 Å². The number of anilines is 1. The Hall–Kier alpha value is -3.91. The number of carbonyl (C=O) groups is 3. The maximum absolute atomic E-state index is 14.0. The highest BCUT2D eigenvalue weighted by Crippen LogP contribution is 2.35. The number of piperidine rings is 1. The summed E-state index contributed by atoms with van der Waals surface area (Å²) < 4.78 is 8.22. The number of rotatable bonds is 10. The highest BCUT2D eigenvalue weighted by Gasteiger charge is 2.33.